The van der Waals surface area contributed by atoms with Crippen LogP contribution in [0, 0.1) is 0 Å². The van der Waals surface area contributed by atoms with E-state index in [9.17, 15) is 19.2 Å². The predicted molar refractivity (Wildman–Crippen MR) is 117 cm³/mol. The molecular formula is C16H20N4O4S4. The van der Waals surface area contributed by atoms with Crippen molar-refractivity contribution in [3.05, 3.63) is 0 Å². The highest BCUT2D eigenvalue weighted by atomic mass is 32.2. The van der Waals surface area contributed by atoms with Crippen LogP contribution in [0.5, 0.6) is 0 Å². The Kier molecular flexibility index (Phi) is 15.0. The van der Waals surface area contributed by atoms with Crippen LogP contribution in [0.4, 0.5) is 0 Å². The smallest absolute Gasteiger partial charge is 0.211 e. The number of nitrogens with zero attached hydrogens (tertiary/aromatic N) is 4. The molecule has 1 saturated heterocycles. The second-order valence-corrected chi connectivity index (χ2v) is 10.6. The quantitative estimate of drug-likeness (QED) is 0.219. The van der Waals surface area contributed by atoms with E-state index in [1.54, 1.807) is 35.7 Å². The normalized spacial score (nSPS) is 20.4. The van der Waals surface area contributed by atoms with E-state index in [1.807, 2.05) is 23.5 Å². The Bertz CT molecular complexity index is 593. The van der Waals surface area contributed by atoms with Crippen molar-refractivity contribution in [2.24, 2.45) is 20.0 Å². The molecule has 0 saturated carbocycles. The van der Waals surface area contributed by atoms with Gasteiger partial charge < -0.3 is 0 Å². The van der Waals surface area contributed by atoms with Gasteiger partial charge in [-0.2, -0.15) is 47.0 Å². The molecule has 1 rings (SSSR count). The molecule has 0 aromatic rings. The standard InChI is InChI=1S/C16H20N4O4S4/c21-9-17-1-3-25-13(5-19-11-23)15-7-28-16(8-27-15)14(6-20-12-24)26-4-2-18-10-22/h13-16H,1-8H2. The first-order chi connectivity index (χ1) is 13.8. The molecule has 0 aromatic carbocycles. The van der Waals surface area contributed by atoms with Gasteiger partial charge >= 0.3 is 0 Å². The second-order valence-electron chi connectivity index (χ2n) is 5.37. The Morgan fingerprint density at radius 3 is 1.43 bits per heavy atom. The van der Waals surface area contributed by atoms with Crippen molar-refractivity contribution >= 4 is 71.4 Å². The second kappa shape index (κ2) is 16.8. The average molecular weight is 461 g/mol. The molecule has 0 N–H and O–H groups in total. The topological polar surface area (TPSA) is 118 Å². The summed E-state index contributed by atoms with van der Waals surface area (Å²) in [5.74, 6) is 3.10. The maximum atomic E-state index is 10.5. The van der Waals surface area contributed by atoms with E-state index in [0.717, 1.165) is 11.5 Å². The average Bonchev–Trinajstić information content (AvgIpc) is 2.73. The highest BCUT2D eigenvalue weighted by molar-refractivity contribution is 8.09. The third-order valence-electron chi connectivity index (χ3n) is 3.65. The van der Waals surface area contributed by atoms with Crippen molar-refractivity contribution in [1.29, 1.82) is 0 Å². The summed E-state index contributed by atoms with van der Waals surface area (Å²) >= 11 is 6.94. The number of hydrogen-bond acceptors (Lipinski definition) is 12. The summed E-state index contributed by atoms with van der Waals surface area (Å²) in [6.45, 7) is 1.57. The third kappa shape index (κ3) is 10.5. The summed E-state index contributed by atoms with van der Waals surface area (Å²) < 4.78 is 0. The molecule has 0 amide bonds. The fourth-order valence-corrected chi connectivity index (χ4v) is 8.71. The van der Waals surface area contributed by atoms with Crippen LogP contribution in [0.3, 0.4) is 0 Å². The third-order valence-corrected chi connectivity index (χ3v) is 10.0. The fraction of sp³-hybridized carbons (Fsp3) is 0.750. The minimum Gasteiger partial charge on any atom is -0.211 e. The number of isocyanates is 4. The van der Waals surface area contributed by atoms with E-state index in [2.05, 4.69) is 20.0 Å². The lowest BCUT2D eigenvalue weighted by Crippen LogP contribution is -2.36. The van der Waals surface area contributed by atoms with Gasteiger partial charge in [0.05, 0.1) is 26.2 Å². The van der Waals surface area contributed by atoms with Crippen LogP contribution in [0.2, 0.25) is 0 Å². The first-order valence-corrected chi connectivity index (χ1v) is 12.6. The van der Waals surface area contributed by atoms with Crippen LogP contribution in [0.1, 0.15) is 0 Å². The molecule has 1 aliphatic heterocycles. The molecule has 0 spiro atoms. The number of rotatable bonds is 14. The lowest BCUT2D eigenvalue weighted by atomic mass is 10.3. The van der Waals surface area contributed by atoms with Crippen LogP contribution >= 0.6 is 47.0 Å². The minimum atomic E-state index is 0.141. The molecule has 0 aromatic heterocycles. The van der Waals surface area contributed by atoms with Gasteiger partial charge in [0.2, 0.25) is 24.3 Å². The van der Waals surface area contributed by atoms with Gasteiger partial charge in [0, 0.05) is 44.0 Å². The Morgan fingerprint density at radius 1 is 0.714 bits per heavy atom. The number of carbonyl (C=O) groups excluding carboxylic acids is 4. The molecule has 12 heteroatoms. The van der Waals surface area contributed by atoms with Gasteiger partial charge in [-0.3, -0.25) is 0 Å². The van der Waals surface area contributed by atoms with Crippen LogP contribution in [0.25, 0.3) is 0 Å². The van der Waals surface area contributed by atoms with Gasteiger partial charge in [-0.1, -0.05) is 0 Å². The molecule has 0 radical (unpaired) electrons. The molecule has 1 aliphatic rings. The van der Waals surface area contributed by atoms with E-state index in [1.165, 1.54) is 12.2 Å². The molecule has 152 valence electrons. The Hall–Kier alpha value is -1.08. The highest BCUT2D eigenvalue weighted by Crippen LogP contribution is 2.39. The van der Waals surface area contributed by atoms with Gasteiger partial charge in [-0.25, -0.2) is 39.1 Å². The van der Waals surface area contributed by atoms with Gasteiger partial charge in [0.15, 0.2) is 0 Å². The van der Waals surface area contributed by atoms with Gasteiger partial charge in [0.1, 0.15) is 0 Å². The van der Waals surface area contributed by atoms with Crippen LogP contribution in [-0.2, 0) is 19.2 Å². The SMILES string of the molecule is O=C=NCCSC(CN=C=O)C1CSC(C(CN=C=O)SCCN=C=O)CS1. The highest BCUT2D eigenvalue weighted by Gasteiger charge is 2.32. The lowest BCUT2D eigenvalue weighted by Gasteiger charge is -2.35. The van der Waals surface area contributed by atoms with E-state index >= 15 is 0 Å². The van der Waals surface area contributed by atoms with Crippen molar-refractivity contribution < 1.29 is 19.2 Å². The van der Waals surface area contributed by atoms with Crippen LogP contribution < -0.4 is 0 Å². The molecule has 28 heavy (non-hydrogen) atoms. The van der Waals surface area contributed by atoms with Gasteiger partial charge in [0.25, 0.3) is 0 Å². The van der Waals surface area contributed by atoms with Crippen LogP contribution in [-0.4, -0.2) is 94.5 Å². The van der Waals surface area contributed by atoms with Crippen molar-refractivity contribution in [1.82, 2.24) is 0 Å². The Morgan fingerprint density at radius 2 is 1.11 bits per heavy atom. The summed E-state index contributed by atoms with van der Waals surface area (Å²) in [7, 11) is 0. The zero-order valence-electron chi connectivity index (χ0n) is 15.0. The van der Waals surface area contributed by atoms with Gasteiger partial charge in [-0.15, -0.1) is 0 Å². The summed E-state index contributed by atoms with van der Waals surface area (Å²) in [5, 5.41) is 0.900. The van der Waals surface area contributed by atoms with E-state index in [4.69, 9.17) is 0 Å². The monoisotopic (exact) mass is 460 g/mol. The largest absolute Gasteiger partial charge is 0.234 e. The Balaban J connectivity index is 2.59. The number of hydrogen-bond donors (Lipinski definition) is 0. The maximum absolute atomic E-state index is 10.5. The molecule has 4 atom stereocenters. The lowest BCUT2D eigenvalue weighted by molar-refractivity contribution is 0.561. The van der Waals surface area contributed by atoms with Crippen molar-refractivity contribution in [3.8, 4) is 0 Å². The number of aliphatic imine (C=N–C) groups is 4. The summed E-state index contributed by atoms with van der Waals surface area (Å²) in [6.07, 6.45) is 6.24. The van der Waals surface area contributed by atoms with Crippen molar-refractivity contribution in [2.75, 3.05) is 49.2 Å². The summed E-state index contributed by atoms with van der Waals surface area (Å²) in [5.41, 5.74) is 0. The van der Waals surface area contributed by atoms with Crippen LogP contribution in [0.15, 0.2) is 20.0 Å². The molecular weight excluding hydrogens is 440 g/mol. The maximum Gasteiger partial charge on any atom is 0.234 e. The molecule has 1 fully saturated rings. The van der Waals surface area contributed by atoms with E-state index in [-0.39, 0.29) is 10.5 Å². The fourth-order valence-electron chi connectivity index (χ4n) is 2.36. The molecule has 0 aliphatic carbocycles. The first-order valence-electron chi connectivity index (χ1n) is 8.37. The molecule has 0 bridgehead atoms. The first kappa shape index (κ1) is 25.0. The van der Waals surface area contributed by atoms with E-state index < -0.39 is 0 Å². The molecule has 4 unspecified atom stereocenters. The molecule has 1 heterocycles. The summed E-state index contributed by atoms with van der Waals surface area (Å²) in [4.78, 5) is 55.9. The zero-order valence-corrected chi connectivity index (χ0v) is 18.3. The van der Waals surface area contributed by atoms with E-state index in [0.29, 0.717) is 48.2 Å². The number of thioether (sulfide) groups is 4. The minimum absolute atomic E-state index is 0.141. The molecule has 8 nitrogen and oxygen atoms in total. The van der Waals surface area contributed by atoms with Crippen molar-refractivity contribution in [2.45, 2.75) is 21.0 Å². The zero-order chi connectivity index (χ0) is 20.5. The predicted octanol–water partition coefficient (Wildman–Crippen LogP) is 1.75. The van der Waals surface area contributed by atoms with Crippen molar-refractivity contribution in [3.63, 3.8) is 0 Å². The van der Waals surface area contributed by atoms with Gasteiger partial charge in [-0.05, 0) is 0 Å². The Labute approximate surface area is 180 Å². The summed E-state index contributed by atoms with van der Waals surface area (Å²) in [6, 6.07) is 0.